The van der Waals surface area contributed by atoms with Gasteiger partial charge in [0.05, 0.1) is 5.57 Å². The van der Waals surface area contributed by atoms with Crippen LogP contribution in [-0.2, 0) is 4.79 Å². The SMILES string of the molecule is CC1=C(C(N)=O)[C@H](c2ccccc2)n2nc(-c3cccc(C)c3)nc2N1. The standard InChI is InChI=1S/C20H19N5O/c1-12-7-6-10-15(11-12)19-23-20-22-13(2)16(18(21)26)17(25(20)24-19)14-8-4-3-5-9-14/h3-11,17H,1-2H3,(H2,21,26)(H,22,23,24)/t17-/m0/s1. The van der Waals surface area contributed by atoms with Gasteiger partial charge in [-0.05, 0) is 25.5 Å². The van der Waals surface area contributed by atoms with Crippen molar-refractivity contribution < 1.29 is 4.79 Å². The van der Waals surface area contributed by atoms with Gasteiger partial charge in [-0.3, -0.25) is 4.79 Å². The molecular formula is C20H19N5O. The summed E-state index contributed by atoms with van der Waals surface area (Å²) in [6, 6.07) is 17.3. The molecule has 1 amide bonds. The van der Waals surface area contributed by atoms with Gasteiger partial charge in [0.15, 0.2) is 5.82 Å². The van der Waals surface area contributed by atoms with Gasteiger partial charge in [-0.25, -0.2) is 4.68 Å². The molecule has 2 aromatic carbocycles. The van der Waals surface area contributed by atoms with Crippen LogP contribution in [0.15, 0.2) is 65.9 Å². The maximum Gasteiger partial charge on any atom is 0.248 e. The molecule has 1 aliphatic rings. The van der Waals surface area contributed by atoms with Crippen LogP contribution in [0.1, 0.15) is 24.1 Å². The Balaban J connectivity index is 1.89. The molecular weight excluding hydrogens is 326 g/mol. The molecule has 0 saturated carbocycles. The zero-order valence-electron chi connectivity index (χ0n) is 14.6. The summed E-state index contributed by atoms with van der Waals surface area (Å²) in [5, 5.41) is 7.85. The van der Waals surface area contributed by atoms with E-state index in [2.05, 4.69) is 15.4 Å². The summed E-state index contributed by atoms with van der Waals surface area (Å²) >= 11 is 0. The minimum atomic E-state index is -0.470. The maximum absolute atomic E-state index is 12.1. The number of amides is 1. The largest absolute Gasteiger partial charge is 0.366 e. The first-order valence-electron chi connectivity index (χ1n) is 8.40. The van der Waals surface area contributed by atoms with Crippen LogP contribution >= 0.6 is 0 Å². The Morgan fingerprint density at radius 1 is 1.12 bits per heavy atom. The van der Waals surface area contributed by atoms with Gasteiger partial charge in [-0.1, -0.05) is 54.1 Å². The topological polar surface area (TPSA) is 85.8 Å². The summed E-state index contributed by atoms with van der Waals surface area (Å²) in [5.41, 5.74) is 9.87. The summed E-state index contributed by atoms with van der Waals surface area (Å²) in [4.78, 5) is 16.8. The fourth-order valence-corrected chi connectivity index (χ4v) is 3.32. The van der Waals surface area contributed by atoms with Crippen LogP contribution < -0.4 is 11.1 Å². The Kier molecular flexibility index (Phi) is 3.80. The van der Waals surface area contributed by atoms with Crippen LogP contribution in [0.5, 0.6) is 0 Å². The van der Waals surface area contributed by atoms with Crippen molar-refractivity contribution in [2.24, 2.45) is 5.73 Å². The Bertz CT molecular complexity index is 1020. The highest BCUT2D eigenvalue weighted by molar-refractivity contribution is 5.95. The van der Waals surface area contributed by atoms with Gasteiger partial charge in [0.2, 0.25) is 11.9 Å². The first-order valence-corrected chi connectivity index (χ1v) is 8.40. The van der Waals surface area contributed by atoms with E-state index in [4.69, 9.17) is 5.73 Å². The van der Waals surface area contributed by atoms with Gasteiger partial charge in [0.1, 0.15) is 6.04 Å². The van der Waals surface area contributed by atoms with E-state index in [-0.39, 0.29) is 0 Å². The van der Waals surface area contributed by atoms with E-state index < -0.39 is 11.9 Å². The summed E-state index contributed by atoms with van der Waals surface area (Å²) in [6.07, 6.45) is 0. The smallest absolute Gasteiger partial charge is 0.248 e. The van der Waals surface area contributed by atoms with Crippen molar-refractivity contribution in [3.63, 3.8) is 0 Å². The number of aryl methyl sites for hydroxylation is 1. The van der Waals surface area contributed by atoms with E-state index in [0.29, 0.717) is 23.0 Å². The molecule has 1 atom stereocenters. The Morgan fingerprint density at radius 2 is 1.88 bits per heavy atom. The van der Waals surface area contributed by atoms with Gasteiger partial charge >= 0.3 is 0 Å². The molecule has 0 spiro atoms. The van der Waals surface area contributed by atoms with E-state index in [0.717, 1.165) is 16.7 Å². The fraction of sp³-hybridized carbons (Fsp3) is 0.150. The van der Waals surface area contributed by atoms with Crippen LogP contribution in [0.4, 0.5) is 5.95 Å². The number of primary amides is 1. The van der Waals surface area contributed by atoms with Crippen molar-refractivity contribution in [1.29, 1.82) is 0 Å². The average Bonchev–Trinajstić information content (AvgIpc) is 3.04. The van der Waals surface area contributed by atoms with Crippen molar-refractivity contribution >= 4 is 11.9 Å². The second kappa shape index (κ2) is 6.15. The molecule has 6 nitrogen and oxygen atoms in total. The molecule has 0 bridgehead atoms. The highest BCUT2D eigenvalue weighted by atomic mass is 16.1. The molecule has 0 fully saturated rings. The molecule has 0 aliphatic carbocycles. The first-order chi connectivity index (χ1) is 12.5. The normalized spacial score (nSPS) is 16.2. The van der Waals surface area contributed by atoms with Crippen molar-refractivity contribution in [3.8, 4) is 11.4 Å². The number of carbonyl (C=O) groups is 1. The third kappa shape index (κ3) is 2.65. The number of hydrogen-bond acceptors (Lipinski definition) is 4. The van der Waals surface area contributed by atoms with Crippen molar-refractivity contribution in [2.75, 3.05) is 5.32 Å². The minimum Gasteiger partial charge on any atom is -0.366 e. The molecule has 0 saturated heterocycles. The van der Waals surface area contributed by atoms with Crippen LogP contribution in [0.25, 0.3) is 11.4 Å². The molecule has 2 heterocycles. The highest BCUT2D eigenvalue weighted by Gasteiger charge is 2.33. The summed E-state index contributed by atoms with van der Waals surface area (Å²) < 4.78 is 1.74. The van der Waals surface area contributed by atoms with E-state index >= 15 is 0 Å². The number of benzene rings is 2. The van der Waals surface area contributed by atoms with Gasteiger partial charge in [0.25, 0.3) is 0 Å². The Morgan fingerprint density at radius 3 is 2.58 bits per heavy atom. The van der Waals surface area contributed by atoms with E-state index in [1.807, 2.05) is 68.4 Å². The van der Waals surface area contributed by atoms with Gasteiger partial charge in [-0.15, -0.1) is 5.10 Å². The van der Waals surface area contributed by atoms with Crippen molar-refractivity contribution in [2.45, 2.75) is 19.9 Å². The van der Waals surface area contributed by atoms with Crippen molar-refractivity contribution in [3.05, 3.63) is 77.0 Å². The predicted octanol–water partition coefficient (Wildman–Crippen LogP) is 3.03. The number of nitrogens with zero attached hydrogens (tertiary/aromatic N) is 3. The van der Waals surface area contributed by atoms with Crippen LogP contribution in [-0.4, -0.2) is 20.7 Å². The number of allylic oxidation sites excluding steroid dienone is 1. The van der Waals surface area contributed by atoms with E-state index in [9.17, 15) is 4.79 Å². The molecule has 3 aromatic rings. The quantitative estimate of drug-likeness (QED) is 0.764. The lowest BCUT2D eigenvalue weighted by atomic mass is 9.95. The monoisotopic (exact) mass is 345 g/mol. The molecule has 0 radical (unpaired) electrons. The van der Waals surface area contributed by atoms with Gasteiger partial charge < -0.3 is 11.1 Å². The highest BCUT2D eigenvalue weighted by Crippen LogP contribution is 2.35. The molecule has 130 valence electrons. The van der Waals surface area contributed by atoms with Gasteiger partial charge in [-0.2, -0.15) is 4.98 Å². The molecule has 6 heteroatoms. The second-order valence-electron chi connectivity index (χ2n) is 6.41. The second-order valence-corrected chi connectivity index (χ2v) is 6.41. The van der Waals surface area contributed by atoms with Crippen LogP contribution in [0.2, 0.25) is 0 Å². The van der Waals surface area contributed by atoms with E-state index in [1.54, 1.807) is 4.68 Å². The number of nitrogens with one attached hydrogen (secondary N) is 1. The third-order valence-electron chi connectivity index (χ3n) is 4.51. The Hall–Kier alpha value is -3.41. The van der Waals surface area contributed by atoms with Crippen molar-refractivity contribution in [1.82, 2.24) is 14.8 Å². The lowest BCUT2D eigenvalue weighted by Crippen LogP contribution is -2.31. The lowest BCUT2D eigenvalue weighted by Gasteiger charge is -2.27. The minimum absolute atomic E-state index is 0.406. The number of anilines is 1. The van der Waals surface area contributed by atoms with Crippen LogP contribution in [0, 0.1) is 6.92 Å². The number of rotatable bonds is 3. The number of fused-ring (bicyclic) bond motifs is 1. The molecule has 1 aromatic heterocycles. The summed E-state index contributed by atoms with van der Waals surface area (Å²) in [6.45, 7) is 3.86. The maximum atomic E-state index is 12.1. The lowest BCUT2D eigenvalue weighted by molar-refractivity contribution is -0.115. The Labute approximate surface area is 151 Å². The molecule has 0 unspecified atom stereocenters. The average molecular weight is 345 g/mol. The number of hydrogen-bond donors (Lipinski definition) is 2. The van der Waals surface area contributed by atoms with E-state index in [1.165, 1.54) is 0 Å². The molecule has 3 N–H and O–H groups in total. The number of nitrogens with two attached hydrogens (primary N) is 1. The zero-order valence-corrected chi connectivity index (χ0v) is 14.6. The molecule has 26 heavy (non-hydrogen) atoms. The van der Waals surface area contributed by atoms with Crippen LogP contribution in [0.3, 0.4) is 0 Å². The zero-order chi connectivity index (χ0) is 18.3. The predicted molar refractivity (Wildman–Crippen MR) is 100 cm³/mol. The fourth-order valence-electron chi connectivity index (χ4n) is 3.32. The van der Waals surface area contributed by atoms with Gasteiger partial charge in [0, 0.05) is 11.3 Å². The summed E-state index contributed by atoms with van der Waals surface area (Å²) in [7, 11) is 0. The summed E-state index contributed by atoms with van der Waals surface area (Å²) in [5.74, 6) is 0.732. The first kappa shape index (κ1) is 16.1. The number of aromatic nitrogens is 3. The number of carbonyl (C=O) groups excluding carboxylic acids is 1. The molecule has 1 aliphatic heterocycles. The molecule has 4 rings (SSSR count). The third-order valence-corrected chi connectivity index (χ3v) is 4.51.